The van der Waals surface area contributed by atoms with Crippen molar-refractivity contribution < 1.29 is 4.79 Å². The van der Waals surface area contributed by atoms with Crippen LogP contribution in [0.4, 0.5) is 4.79 Å². The van der Waals surface area contributed by atoms with Crippen LogP contribution in [0.5, 0.6) is 0 Å². The molecule has 0 bridgehead atoms. The molecule has 1 saturated heterocycles. The Morgan fingerprint density at radius 3 is 1.95 bits per heavy atom. The second-order valence-electron chi connectivity index (χ2n) is 4.92. The van der Waals surface area contributed by atoms with E-state index in [2.05, 4.69) is 5.43 Å². The molecule has 1 heterocycles. The molecule has 0 aliphatic carbocycles. The molecule has 0 aromatic heterocycles. The fourth-order valence-electron chi connectivity index (χ4n) is 3.00. The summed E-state index contributed by atoms with van der Waals surface area (Å²) in [5, 5.41) is 1.55. The lowest BCUT2D eigenvalue weighted by molar-refractivity contribution is 0.145. The number of nitrogens with one attached hydrogen (secondary N) is 1. The quantitative estimate of drug-likeness (QED) is 0.876. The van der Waals surface area contributed by atoms with Crippen molar-refractivity contribution in [3.8, 4) is 0 Å². The number of hydrogen-bond acceptors (Lipinski definition) is 2. The van der Waals surface area contributed by atoms with E-state index in [-0.39, 0.29) is 0 Å². The SMILES string of the molecule is NC(=O)N1NCCC1(c1ccccc1)c1ccccc1. The second-order valence-corrected chi connectivity index (χ2v) is 4.92. The first-order chi connectivity index (χ1) is 9.75. The van der Waals surface area contributed by atoms with Gasteiger partial charge in [0.1, 0.15) is 5.54 Å². The number of hydrogen-bond donors (Lipinski definition) is 2. The maximum Gasteiger partial charge on any atom is 0.330 e. The van der Waals surface area contributed by atoms with Crippen LogP contribution >= 0.6 is 0 Å². The molecule has 1 aliphatic heterocycles. The van der Waals surface area contributed by atoms with Gasteiger partial charge in [0.05, 0.1) is 0 Å². The predicted molar refractivity (Wildman–Crippen MR) is 77.7 cm³/mol. The van der Waals surface area contributed by atoms with Crippen LogP contribution in [0.25, 0.3) is 0 Å². The van der Waals surface area contributed by atoms with E-state index in [1.165, 1.54) is 0 Å². The summed E-state index contributed by atoms with van der Waals surface area (Å²) in [4.78, 5) is 11.8. The molecule has 2 aromatic rings. The van der Waals surface area contributed by atoms with Gasteiger partial charge in [-0.2, -0.15) is 0 Å². The van der Waals surface area contributed by atoms with Crippen LogP contribution in [0.2, 0.25) is 0 Å². The average molecular weight is 267 g/mol. The van der Waals surface area contributed by atoms with Gasteiger partial charge >= 0.3 is 6.03 Å². The van der Waals surface area contributed by atoms with Crippen molar-refractivity contribution in [2.75, 3.05) is 6.54 Å². The zero-order chi connectivity index (χ0) is 14.0. The Hall–Kier alpha value is -2.33. The highest BCUT2D eigenvalue weighted by Crippen LogP contribution is 2.40. The third kappa shape index (κ3) is 1.85. The van der Waals surface area contributed by atoms with Gasteiger partial charge in [0.25, 0.3) is 0 Å². The zero-order valence-electron chi connectivity index (χ0n) is 11.1. The lowest BCUT2D eigenvalue weighted by Crippen LogP contribution is -2.52. The van der Waals surface area contributed by atoms with Crippen LogP contribution in [-0.2, 0) is 5.54 Å². The summed E-state index contributed by atoms with van der Waals surface area (Å²) >= 11 is 0. The molecule has 0 saturated carbocycles. The van der Waals surface area contributed by atoms with Crippen LogP contribution in [-0.4, -0.2) is 17.6 Å². The Morgan fingerprint density at radius 1 is 1.00 bits per heavy atom. The highest BCUT2D eigenvalue weighted by atomic mass is 16.2. The number of amides is 2. The summed E-state index contributed by atoms with van der Waals surface area (Å²) in [6.45, 7) is 0.715. The number of nitrogens with zero attached hydrogens (tertiary/aromatic N) is 1. The van der Waals surface area contributed by atoms with Crippen molar-refractivity contribution in [3.05, 3.63) is 71.8 Å². The molecule has 20 heavy (non-hydrogen) atoms. The number of primary amides is 1. The third-order valence-corrected chi connectivity index (χ3v) is 3.86. The summed E-state index contributed by atoms with van der Waals surface area (Å²) in [6.07, 6.45) is 0.796. The van der Waals surface area contributed by atoms with Crippen LogP contribution < -0.4 is 11.2 Å². The summed E-state index contributed by atoms with van der Waals surface area (Å²) in [7, 11) is 0. The van der Waals surface area contributed by atoms with E-state index in [1.807, 2.05) is 60.7 Å². The molecule has 4 nitrogen and oxygen atoms in total. The number of carbonyl (C=O) groups is 1. The normalized spacial score (nSPS) is 17.1. The summed E-state index contributed by atoms with van der Waals surface area (Å²) in [6, 6.07) is 19.6. The molecule has 1 aliphatic rings. The first kappa shape index (κ1) is 12.7. The van der Waals surface area contributed by atoms with Crippen LogP contribution in [0, 0.1) is 0 Å². The monoisotopic (exact) mass is 267 g/mol. The highest BCUT2D eigenvalue weighted by Gasteiger charge is 2.46. The molecule has 102 valence electrons. The second kappa shape index (κ2) is 4.98. The fraction of sp³-hybridized carbons (Fsp3) is 0.188. The molecular formula is C16H17N3O. The minimum absolute atomic E-state index is 0.463. The first-order valence-corrected chi connectivity index (χ1v) is 6.69. The van der Waals surface area contributed by atoms with E-state index in [0.717, 1.165) is 17.5 Å². The molecule has 3 rings (SSSR count). The number of nitrogens with two attached hydrogens (primary N) is 1. The van der Waals surface area contributed by atoms with E-state index >= 15 is 0 Å². The van der Waals surface area contributed by atoms with Gasteiger partial charge in [-0.25, -0.2) is 15.2 Å². The van der Waals surface area contributed by atoms with Crippen LogP contribution in [0.3, 0.4) is 0 Å². The Morgan fingerprint density at radius 2 is 1.50 bits per heavy atom. The van der Waals surface area contributed by atoms with Gasteiger partial charge in [-0.1, -0.05) is 60.7 Å². The largest absolute Gasteiger partial charge is 0.350 e. The molecule has 2 amide bonds. The van der Waals surface area contributed by atoms with Gasteiger partial charge in [0.15, 0.2) is 0 Å². The van der Waals surface area contributed by atoms with Gasteiger partial charge < -0.3 is 5.73 Å². The standard InChI is InChI=1S/C16H17N3O/c17-15(20)19-16(11-12-18-19,13-7-3-1-4-8-13)14-9-5-2-6-10-14/h1-10,18H,11-12H2,(H2,17,20). The highest BCUT2D eigenvalue weighted by molar-refractivity contribution is 5.74. The van der Waals surface area contributed by atoms with Crippen LogP contribution in [0.1, 0.15) is 17.5 Å². The Labute approximate surface area is 118 Å². The van der Waals surface area contributed by atoms with Crippen molar-refractivity contribution in [1.82, 2.24) is 10.4 Å². The van der Waals surface area contributed by atoms with E-state index in [0.29, 0.717) is 6.54 Å². The maximum absolute atomic E-state index is 11.8. The minimum Gasteiger partial charge on any atom is -0.350 e. The predicted octanol–water partition coefficient (Wildman–Crippen LogP) is 2.22. The molecule has 0 radical (unpaired) electrons. The molecule has 3 N–H and O–H groups in total. The van der Waals surface area contributed by atoms with Crippen molar-refractivity contribution in [3.63, 3.8) is 0 Å². The smallest absolute Gasteiger partial charge is 0.330 e. The first-order valence-electron chi connectivity index (χ1n) is 6.69. The Balaban J connectivity index is 2.21. The average Bonchev–Trinajstić information content (AvgIpc) is 2.95. The van der Waals surface area contributed by atoms with Crippen molar-refractivity contribution in [2.45, 2.75) is 12.0 Å². The maximum atomic E-state index is 11.8. The fourth-order valence-corrected chi connectivity index (χ4v) is 3.00. The third-order valence-electron chi connectivity index (χ3n) is 3.86. The van der Waals surface area contributed by atoms with Crippen molar-refractivity contribution >= 4 is 6.03 Å². The molecule has 1 fully saturated rings. The van der Waals surface area contributed by atoms with E-state index in [1.54, 1.807) is 5.01 Å². The van der Waals surface area contributed by atoms with Gasteiger partial charge in [-0.15, -0.1) is 0 Å². The molecule has 2 aromatic carbocycles. The molecule has 0 spiro atoms. The van der Waals surface area contributed by atoms with Gasteiger partial charge in [-0.05, 0) is 17.5 Å². The lowest BCUT2D eigenvalue weighted by Gasteiger charge is -2.37. The molecule has 4 heteroatoms. The summed E-state index contributed by atoms with van der Waals surface area (Å²) in [5.74, 6) is 0. The molecule has 0 unspecified atom stereocenters. The number of carbonyl (C=O) groups excluding carboxylic acids is 1. The van der Waals surface area contributed by atoms with Gasteiger partial charge in [0, 0.05) is 6.54 Å². The molecule has 0 atom stereocenters. The lowest BCUT2D eigenvalue weighted by atomic mass is 9.80. The number of urea groups is 1. The Bertz CT molecular complexity index is 558. The van der Waals surface area contributed by atoms with Crippen molar-refractivity contribution in [2.24, 2.45) is 5.73 Å². The summed E-state index contributed by atoms with van der Waals surface area (Å²) < 4.78 is 0. The summed E-state index contributed by atoms with van der Waals surface area (Å²) in [5.41, 5.74) is 10.3. The minimum atomic E-state index is -0.533. The molecular weight excluding hydrogens is 250 g/mol. The van der Waals surface area contributed by atoms with Gasteiger partial charge in [-0.3, -0.25) is 0 Å². The zero-order valence-corrected chi connectivity index (χ0v) is 11.1. The number of benzene rings is 2. The topological polar surface area (TPSA) is 58.4 Å². The van der Waals surface area contributed by atoms with Crippen molar-refractivity contribution in [1.29, 1.82) is 0 Å². The van der Waals surface area contributed by atoms with Crippen LogP contribution in [0.15, 0.2) is 60.7 Å². The van der Waals surface area contributed by atoms with E-state index in [4.69, 9.17) is 5.73 Å². The number of rotatable bonds is 2. The van der Waals surface area contributed by atoms with E-state index in [9.17, 15) is 4.79 Å². The van der Waals surface area contributed by atoms with Gasteiger partial charge in [0.2, 0.25) is 0 Å². The Kier molecular flexibility index (Phi) is 3.16. The van der Waals surface area contributed by atoms with E-state index < -0.39 is 11.6 Å². The number of hydrazine groups is 1.